The minimum absolute atomic E-state index is 0.0234. The van der Waals surface area contributed by atoms with E-state index in [-0.39, 0.29) is 5.54 Å². The second kappa shape index (κ2) is 3.47. The Morgan fingerprint density at radius 1 is 1.64 bits per heavy atom. The number of nitrogens with two attached hydrogens (primary N) is 1. The zero-order chi connectivity index (χ0) is 10.2. The summed E-state index contributed by atoms with van der Waals surface area (Å²) in [6.45, 7) is 3.87. The number of aromatic nitrogens is 2. The molecule has 0 amide bonds. The van der Waals surface area contributed by atoms with Crippen LogP contribution >= 0.6 is 15.9 Å². The molecule has 2 N–H and O–H groups in total. The second-order valence-corrected chi connectivity index (χ2v) is 4.62. The third-order valence-corrected chi connectivity index (χ3v) is 3.22. The Morgan fingerprint density at radius 2 is 2.36 bits per heavy atom. The van der Waals surface area contributed by atoms with E-state index in [1.807, 2.05) is 0 Å². The summed E-state index contributed by atoms with van der Waals surface area (Å²) in [6.07, 6.45) is 4.32. The first kappa shape index (κ1) is 9.86. The largest absolute Gasteiger partial charge is 0.352 e. The SMILES string of the molecule is CCC1(N)CN(c2ncncc2Br)C1. The van der Waals surface area contributed by atoms with Crippen molar-refractivity contribution in [3.63, 3.8) is 0 Å². The molecule has 2 rings (SSSR count). The molecular weight excluding hydrogens is 244 g/mol. The minimum Gasteiger partial charge on any atom is -0.352 e. The maximum absolute atomic E-state index is 6.08. The molecule has 2 heterocycles. The number of hydrogen-bond acceptors (Lipinski definition) is 4. The van der Waals surface area contributed by atoms with E-state index in [2.05, 4.69) is 37.7 Å². The molecule has 1 aliphatic heterocycles. The highest BCUT2D eigenvalue weighted by Gasteiger charge is 2.38. The van der Waals surface area contributed by atoms with Gasteiger partial charge in [-0.05, 0) is 22.4 Å². The van der Waals surface area contributed by atoms with Gasteiger partial charge in [0.05, 0.1) is 10.0 Å². The quantitative estimate of drug-likeness (QED) is 0.864. The lowest BCUT2D eigenvalue weighted by Crippen LogP contribution is -2.67. The van der Waals surface area contributed by atoms with Crippen molar-refractivity contribution in [2.24, 2.45) is 5.73 Å². The molecule has 0 aliphatic carbocycles. The van der Waals surface area contributed by atoms with E-state index in [0.717, 1.165) is 29.8 Å². The van der Waals surface area contributed by atoms with Gasteiger partial charge in [0, 0.05) is 19.3 Å². The highest BCUT2D eigenvalue weighted by atomic mass is 79.9. The van der Waals surface area contributed by atoms with E-state index in [4.69, 9.17) is 5.73 Å². The van der Waals surface area contributed by atoms with Crippen LogP contribution in [0.4, 0.5) is 5.82 Å². The molecule has 0 radical (unpaired) electrons. The Morgan fingerprint density at radius 3 is 2.93 bits per heavy atom. The van der Waals surface area contributed by atoms with Crippen LogP contribution in [0.15, 0.2) is 17.0 Å². The molecule has 0 atom stereocenters. The lowest BCUT2D eigenvalue weighted by atomic mass is 9.88. The maximum Gasteiger partial charge on any atom is 0.146 e. The molecule has 4 nitrogen and oxygen atoms in total. The Labute approximate surface area is 91.7 Å². The first-order valence-corrected chi connectivity index (χ1v) is 5.43. The van der Waals surface area contributed by atoms with Crippen molar-refractivity contribution < 1.29 is 0 Å². The van der Waals surface area contributed by atoms with Gasteiger partial charge in [0.25, 0.3) is 0 Å². The summed E-state index contributed by atoms with van der Waals surface area (Å²) in [6, 6.07) is 0. The van der Waals surface area contributed by atoms with Crippen LogP contribution < -0.4 is 10.6 Å². The zero-order valence-corrected chi connectivity index (χ0v) is 9.66. The van der Waals surface area contributed by atoms with Crippen molar-refractivity contribution >= 4 is 21.7 Å². The number of nitrogens with zero attached hydrogens (tertiary/aromatic N) is 3. The summed E-state index contributed by atoms with van der Waals surface area (Å²) in [5.41, 5.74) is 6.06. The van der Waals surface area contributed by atoms with Crippen molar-refractivity contribution in [3.05, 3.63) is 17.0 Å². The molecule has 0 spiro atoms. The van der Waals surface area contributed by atoms with Crippen molar-refractivity contribution in [3.8, 4) is 0 Å². The summed E-state index contributed by atoms with van der Waals surface area (Å²) < 4.78 is 0.929. The highest BCUT2D eigenvalue weighted by molar-refractivity contribution is 9.10. The third-order valence-electron chi connectivity index (χ3n) is 2.66. The summed E-state index contributed by atoms with van der Waals surface area (Å²) in [4.78, 5) is 10.3. The fraction of sp³-hybridized carbons (Fsp3) is 0.556. The second-order valence-electron chi connectivity index (χ2n) is 3.77. The Bertz CT molecular complexity index is 335. The van der Waals surface area contributed by atoms with Gasteiger partial charge in [-0.15, -0.1) is 0 Å². The summed E-state index contributed by atoms with van der Waals surface area (Å²) in [7, 11) is 0. The van der Waals surface area contributed by atoms with Crippen LogP contribution in [0.5, 0.6) is 0 Å². The third kappa shape index (κ3) is 1.62. The zero-order valence-electron chi connectivity index (χ0n) is 8.07. The van der Waals surface area contributed by atoms with Crippen LogP contribution in [0, 0.1) is 0 Å². The fourth-order valence-corrected chi connectivity index (χ4v) is 2.10. The van der Waals surface area contributed by atoms with Gasteiger partial charge in [-0.25, -0.2) is 9.97 Å². The van der Waals surface area contributed by atoms with Crippen molar-refractivity contribution in [2.45, 2.75) is 18.9 Å². The number of anilines is 1. The first-order chi connectivity index (χ1) is 6.64. The van der Waals surface area contributed by atoms with Gasteiger partial charge in [0.1, 0.15) is 12.1 Å². The van der Waals surface area contributed by atoms with Crippen LogP contribution in [0.25, 0.3) is 0 Å². The molecule has 1 fully saturated rings. The van der Waals surface area contributed by atoms with Gasteiger partial charge in [0.15, 0.2) is 0 Å². The summed E-state index contributed by atoms with van der Waals surface area (Å²) >= 11 is 3.42. The molecule has 1 aliphatic rings. The van der Waals surface area contributed by atoms with Crippen molar-refractivity contribution in [2.75, 3.05) is 18.0 Å². The Kier molecular flexibility index (Phi) is 2.45. The molecule has 0 unspecified atom stereocenters. The fourth-order valence-electron chi connectivity index (χ4n) is 1.63. The molecule has 1 aromatic heterocycles. The van der Waals surface area contributed by atoms with E-state index >= 15 is 0 Å². The van der Waals surface area contributed by atoms with E-state index in [1.54, 1.807) is 12.5 Å². The average Bonchev–Trinajstić information content (AvgIpc) is 2.14. The van der Waals surface area contributed by atoms with Gasteiger partial charge < -0.3 is 10.6 Å². The first-order valence-electron chi connectivity index (χ1n) is 4.64. The van der Waals surface area contributed by atoms with Gasteiger partial charge >= 0.3 is 0 Å². The molecule has 0 saturated carbocycles. The number of rotatable bonds is 2. The molecule has 5 heteroatoms. The number of hydrogen-bond donors (Lipinski definition) is 1. The lowest BCUT2D eigenvalue weighted by Gasteiger charge is -2.48. The van der Waals surface area contributed by atoms with Gasteiger partial charge in [-0.2, -0.15) is 0 Å². The van der Waals surface area contributed by atoms with E-state index < -0.39 is 0 Å². The van der Waals surface area contributed by atoms with E-state index in [9.17, 15) is 0 Å². The molecular formula is C9H13BrN4. The number of halogens is 1. The van der Waals surface area contributed by atoms with Crippen LogP contribution in [0.3, 0.4) is 0 Å². The monoisotopic (exact) mass is 256 g/mol. The van der Waals surface area contributed by atoms with Crippen LogP contribution in [0.2, 0.25) is 0 Å². The standard InChI is InChI=1S/C9H13BrN4/c1-2-9(11)4-14(5-9)8-7(10)3-12-6-13-8/h3,6H,2,4-5,11H2,1H3. The van der Waals surface area contributed by atoms with E-state index in [0.29, 0.717) is 0 Å². The van der Waals surface area contributed by atoms with Gasteiger partial charge in [0.2, 0.25) is 0 Å². The van der Waals surface area contributed by atoms with Crippen LogP contribution in [-0.2, 0) is 0 Å². The molecule has 0 bridgehead atoms. The smallest absolute Gasteiger partial charge is 0.146 e. The topological polar surface area (TPSA) is 55.0 Å². The average molecular weight is 257 g/mol. The van der Waals surface area contributed by atoms with Gasteiger partial charge in [-0.3, -0.25) is 0 Å². The minimum atomic E-state index is -0.0234. The summed E-state index contributed by atoms with van der Waals surface area (Å²) in [5, 5.41) is 0. The van der Waals surface area contributed by atoms with Crippen molar-refractivity contribution in [1.29, 1.82) is 0 Å². The molecule has 76 valence electrons. The van der Waals surface area contributed by atoms with Gasteiger partial charge in [-0.1, -0.05) is 6.92 Å². The normalized spacial score (nSPS) is 19.2. The molecule has 0 aromatic carbocycles. The Balaban J connectivity index is 2.10. The lowest BCUT2D eigenvalue weighted by molar-refractivity contribution is 0.319. The highest BCUT2D eigenvalue weighted by Crippen LogP contribution is 2.30. The van der Waals surface area contributed by atoms with Crippen LogP contribution in [0.1, 0.15) is 13.3 Å². The maximum atomic E-state index is 6.08. The molecule has 14 heavy (non-hydrogen) atoms. The summed E-state index contributed by atoms with van der Waals surface area (Å²) in [5.74, 6) is 0.939. The predicted molar refractivity (Wildman–Crippen MR) is 59.2 cm³/mol. The van der Waals surface area contributed by atoms with E-state index in [1.165, 1.54) is 0 Å². The molecule has 1 aromatic rings. The van der Waals surface area contributed by atoms with Crippen molar-refractivity contribution in [1.82, 2.24) is 9.97 Å². The predicted octanol–water partition coefficient (Wildman–Crippen LogP) is 1.17. The molecule has 1 saturated heterocycles. The Hall–Kier alpha value is -0.680. The van der Waals surface area contributed by atoms with Crippen LogP contribution in [-0.4, -0.2) is 28.6 Å².